The molecule has 2 nitrogen and oxygen atoms in total. The lowest BCUT2D eigenvalue weighted by Crippen LogP contribution is -2.36. The third kappa shape index (κ3) is 4.55. The molecule has 1 heterocycles. The Morgan fingerprint density at radius 2 is 1.84 bits per heavy atom. The zero-order chi connectivity index (χ0) is 13.5. The van der Waals surface area contributed by atoms with Crippen molar-refractivity contribution in [3.8, 4) is 0 Å². The van der Waals surface area contributed by atoms with Crippen molar-refractivity contribution in [3.63, 3.8) is 0 Å². The Morgan fingerprint density at radius 3 is 2.63 bits per heavy atom. The maximum Gasteiger partial charge on any atom is 0.162 e. The van der Waals surface area contributed by atoms with Crippen molar-refractivity contribution >= 4 is 0 Å². The minimum atomic E-state index is -0.759. The van der Waals surface area contributed by atoms with E-state index in [4.69, 9.17) is 0 Å². The van der Waals surface area contributed by atoms with Crippen molar-refractivity contribution in [3.05, 3.63) is 35.4 Å². The highest BCUT2D eigenvalue weighted by Crippen LogP contribution is 2.11. The number of hydrogen-bond donors (Lipinski definition) is 1. The molecule has 0 unspecified atom stereocenters. The molecule has 0 radical (unpaired) electrons. The minimum Gasteiger partial charge on any atom is -0.315 e. The van der Waals surface area contributed by atoms with Gasteiger partial charge in [-0.2, -0.15) is 0 Å². The predicted molar refractivity (Wildman–Crippen MR) is 73.2 cm³/mol. The molecular formula is C15H22F2N2. The number of nitrogens with one attached hydrogen (secondary N) is 1. The summed E-state index contributed by atoms with van der Waals surface area (Å²) in [5, 5.41) is 3.30. The van der Waals surface area contributed by atoms with E-state index in [1.807, 2.05) is 0 Å². The second-order valence-corrected chi connectivity index (χ2v) is 5.12. The Hall–Kier alpha value is -1.00. The quantitative estimate of drug-likeness (QED) is 0.798. The first-order valence-electron chi connectivity index (χ1n) is 7.13. The summed E-state index contributed by atoms with van der Waals surface area (Å²) in [6.45, 7) is 5.04. The summed E-state index contributed by atoms with van der Waals surface area (Å²) in [5.41, 5.74) is 0.450. The molecule has 0 aliphatic carbocycles. The molecule has 0 spiro atoms. The summed E-state index contributed by atoms with van der Waals surface area (Å²) in [4.78, 5) is 2.46. The lowest BCUT2D eigenvalue weighted by Gasteiger charge is -2.26. The molecule has 1 saturated heterocycles. The van der Waals surface area contributed by atoms with Crippen LogP contribution >= 0.6 is 0 Å². The van der Waals surface area contributed by atoms with Crippen LogP contribution < -0.4 is 5.32 Å². The number of halogens is 2. The first-order chi connectivity index (χ1) is 9.27. The molecule has 1 fully saturated rings. The normalized spacial score (nSPS) is 16.7. The highest BCUT2D eigenvalue weighted by Gasteiger charge is 2.09. The van der Waals surface area contributed by atoms with E-state index in [0.717, 1.165) is 19.2 Å². The van der Waals surface area contributed by atoms with E-state index in [1.165, 1.54) is 32.4 Å². The molecule has 0 bridgehead atoms. The largest absolute Gasteiger partial charge is 0.315 e. The zero-order valence-electron chi connectivity index (χ0n) is 11.3. The van der Waals surface area contributed by atoms with Crippen LogP contribution in [0, 0.1) is 11.6 Å². The van der Waals surface area contributed by atoms with Crippen LogP contribution in [0.2, 0.25) is 0 Å². The van der Waals surface area contributed by atoms with Crippen molar-refractivity contribution in [1.29, 1.82) is 0 Å². The van der Waals surface area contributed by atoms with Gasteiger partial charge in [0.15, 0.2) is 11.6 Å². The number of hydrogen-bond acceptors (Lipinski definition) is 2. The molecule has 2 rings (SSSR count). The van der Waals surface area contributed by atoms with Gasteiger partial charge in [0.1, 0.15) is 0 Å². The van der Waals surface area contributed by atoms with Crippen LogP contribution in [0.1, 0.15) is 24.8 Å². The zero-order valence-corrected chi connectivity index (χ0v) is 11.3. The molecule has 0 saturated carbocycles. The van der Waals surface area contributed by atoms with Gasteiger partial charge in [0.25, 0.3) is 0 Å². The molecule has 0 aromatic heterocycles. The lowest BCUT2D eigenvalue weighted by molar-refractivity contribution is 0.229. The summed E-state index contributed by atoms with van der Waals surface area (Å²) in [5.74, 6) is -1.47. The van der Waals surface area contributed by atoms with Crippen LogP contribution in [0.4, 0.5) is 8.78 Å². The molecule has 1 aromatic rings. The van der Waals surface area contributed by atoms with Crippen LogP contribution in [-0.4, -0.2) is 37.6 Å². The van der Waals surface area contributed by atoms with Crippen molar-refractivity contribution in [2.75, 3.05) is 32.7 Å². The van der Waals surface area contributed by atoms with E-state index in [9.17, 15) is 8.78 Å². The van der Waals surface area contributed by atoms with E-state index in [2.05, 4.69) is 10.2 Å². The summed E-state index contributed by atoms with van der Waals surface area (Å²) in [6.07, 6.45) is 4.48. The predicted octanol–water partition coefficient (Wildman–Crippen LogP) is 2.58. The van der Waals surface area contributed by atoms with Gasteiger partial charge in [-0.1, -0.05) is 18.6 Å². The topological polar surface area (TPSA) is 15.3 Å². The highest BCUT2D eigenvalue weighted by atomic mass is 19.2. The number of rotatable bonds is 6. The van der Waals surface area contributed by atoms with Crippen molar-refractivity contribution < 1.29 is 8.78 Å². The first-order valence-corrected chi connectivity index (χ1v) is 7.13. The van der Waals surface area contributed by atoms with E-state index >= 15 is 0 Å². The van der Waals surface area contributed by atoms with Gasteiger partial charge in [-0.15, -0.1) is 0 Å². The van der Waals surface area contributed by atoms with E-state index in [0.29, 0.717) is 18.5 Å². The maximum absolute atomic E-state index is 13.4. The highest BCUT2D eigenvalue weighted by molar-refractivity contribution is 5.19. The fraction of sp³-hybridized carbons (Fsp3) is 0.600. The first kappa shape index (κ1) is 14.4. The molecule has 106 valence electrons. The molecule has 19 heavy (non-hydrogen) atoms. The van der Waals surface area contributed by atoms with Gasteiger partial charge < -0.3 is 10.2 Å². The smallest absolute Gasteiger partial charge is 0.162 e. The summed E-state index contributed by atoms with van der Waals surface area (Å²) in [6, 6.07) is 4.36. The Morgan fingerprint density at radius 1 is 1.05 bits per heavy atom. The van der Waals surface area contributed by atoms with Crippen LogP contribution in [0.25, 0.3) is 0 Å². The summed E-state index contributed by atoms with van der Waals surface area (Å²) in [7, 11) is 0. The minimum absolute atomic E-state index is 0.450. The van der Waals surface area contributed by atoms with Crippen LogP contribution in [0.3, 0.4) is 0 Å². The third-order valence-electron chi connectivity index (χ3n) is 3.66. The van der Waals surface area contributed by atoms with E-state index < -0.39 is 11.6 Å². The van der Waals surface area contributed by atoms with Crippen molar-refractivity contribution in [1.82, 2.24) is 10.2 Å². The Labute approximate surface area is 113 Å². The van der Waals surface area contributed by atoms with Gasteiger partial charge in [-0.3, -0.25) is 0 Å². The fourth-order valence-electron chi connectivity index (χ4n) is 2.51. The Balaban J connectivity index is 1.62. The monoisotopic (exact) mass is 268 g/mol. The van der Waals surface area contributed by atoms with Gasteiger partial charge in [0.2, 0.25) is 0 Å². The second kappa shape index (κ2) is 7.56. The molecular weight excluding hydrogens is 246 g/mol. The summed E-state index contributed by atoms with van der Waals surface area (Å²) >= 11 is 0. The molecule has 1 aliphatic rings. The number of piperidine rings is 1. The van der Waals surface area contributed by atoms with Crippen LogP contribution in [-0.2, 0) is 6.42 Å². The molecule has 0 amide bonds. The number of likely N-dealkylation sites (tertiary alicyclic amines) is 1. The molecule has 1 N–H and O–H groups in total. The van der Waals surface area contributed by atoms with Gasteiger partial charge in [-0.25, -0.2) is 8.78 Å². The number of nitrogens with zero attached hydrogens (tertiary/aromatic N) is 1. The fourth-order valence-corrected chi connectivity index (χ4v) is 2.51. The third-order valence-corrected chi connectivity index (χ3v) is 3.66. The van der Waals surface area contributed by atoms with Crippen molar-refractivity contribution in [2.24, 2.45) is 0 Å². The van der Waals surface area contributed by atoms with Gasteiger partial charge >= 0.3 is 0 Å². The SMILES string of the molecule is Fc1cccc(CCNCCN2CCCCC2)c1F. The van der Waals surface area contributed by atoms with Gasteiger partial charge in [0, 0.05) is 13.1 Å². The Bertz CT molecular complexity index is 390. The van der Waals surface area contributed by atoms with Crippen molar-refractivity contribution in [2.45, 2.75) is 25.7 Å². The molecule has 1 aliphatic heterocycles. The molecule has 0 atom stereocenters. The van der Waals surface area contributed by atoms with Crippen LogP contribution in [0.15, 0.2) is 18.2 Å². The average Bonchev–Trinajstić information content (AvgIpc) is 2.44. The van der Waals surface area contributed by atoms with Gasteiger partial charge in [0.05, 0.1) is 0 Å². The maximum atomic E-state index is 13.4. The van der Waals surface area contributed by atoms with Crippen LogP contribution in [0.5, 0.6) is 0 Å². The molecule has 4 heteroatoms. The van der Waals surface area contributed by atoms with Gasteiger partial charge in [-0.05, 0) is 50.5 Å². The summed E-state index contributed by atoms with van der Waals surface area (Å²) < 4.78 is 26.4. The Kier molecular flexibility index (Phi) is 5.73. The average molecular weight is 268 g/mol. The standard InChI is InChI=1S/C15H22F2N2/c16-14-6-4-5-13(15(14)17)7-8-18-9-12-19-10-2-1-3-11-19/h4-6,18H,1-3,7-12H2. The van der Waals surface area contributed by atoms with E-state index in [-0.39, 0.29) is 0 Å². The number of benzene rings is 1. The lowest BCUT2D eigenvalue weighted by atomic mass is 10.1. The molecule has 1 aromatic carbocycles. The van der Waals surface area contributed by atoms with E-state index in [1.54, 1.807) is 12.1 Å². The second-order valence-electron chi connectivity index (χ2n) is 5.12.